The highest BCUT2D eigenvalue weighted by molar-refractivity contribution is 9.10. The number of hydrogen-bond acceptors (Lipinski definition) is 3. The Balaban J connectivity index is 2.08. The van der Waals surface area contributed by atoms with Crippen LogP contribution in [0.1, 0.15) is 24.8 Å². The van der Waals surface area contributed by atoms with Crippen LogP contribution in [-0.2, 0) is 14.3 Å². The first-order chi connectivity index (χ1) is 10.1. The number of carbonyl (C=O) groups excluding carboxylic acids is 2. The molecule has 1 aromatic rings. The van der Waals surface area contributed by atoms with Crippen LogP contribution in [0.15, 0.2) is 34.8 Å². The van der Waals surface area contributed by atoms with Crippen LogP contribution in [0.25, 0.3) is 6.08 Å². The predicted molar refractivity (Wildman–Crippen MR) is 84.5 cm³/mol. The standard InChI is InChI=1S/C16H18BrNO3/c1-21-16(20)14-7-2-3-10-18(14)15(19)9-8-12-5-4-6-13(17)11-12/h4-6,8-9,11,14H,2-3,7,10H2,1H3/b9-8+. The molecule has 1 amide bonds. The van der Waals surface area contributed by atoms with Crippen molar-refractivity contribution in [3.63, 3.8) is 0 Å². The van der Waals surface area contributed by atoms with E-state index in [1.165, 1.54) is 13.2 Å². The number of esters is 1. The van der Waals surface area contributed by atoms with Crippen LogP contribution in [0.2, 0.25) is 0 Å². The number of halogens is 1. The first-order valence-electron chi connectivity index (χ1n) is 6.94. The minimum Gasteiger partial charge on any atom is -0.467 e. The number of amides is 1. The lowest BCUT2D eigenvalue weighted by atomic mass is 10.0. The highest BCUT2D eigenvalue weighted by Crippen LogP contribution is 2.19. The summed E-state index contributed by atoms with van der Waals surface area (Å²) in [6.45, 7) is 0.599. The molecule has 1 aliphatic rings. The van der Waals surface area contributed by atoms with Crippen molar-refractivity contribution in [3.8, 4) is 0 Å². The van der Waals surface area contributed by atoms with Crippen LogP contribution >= 0.6 is 15.9 Å². The third-order valence-electron chi connectivity index (χ3n) is 3.53. The topological polar surface area (TPSA) is 46.6 Å². The van der Waals surface area contributed by atoms with E-state index < -0.39 is 6.04 Å². The lowest BCUT2D eigenvalue weighted by Crippen LogP contribution is -2.47. The van der Waals surface area contributed by atoms with Crippen molar-refractivity contribution in [3.05, 3.63) is 40.4 Å². The number of methoxy groups -OCH3 is 1. The molecule has 0 radical (unpaired) electrons. The van der Waals surface area contributed by atoms with Gasteiger partial charge in [-0.15, -0.1) is 0 Å². The number of likely N-dealkylation sites (tertiary alicyclic amines) is 1. The van der Waals surface area contributed by atoms with Crippen LogP contribution < -0.4 is 0 Å². The summed E-state index contributed by atoms with van der Waals surface area (Å²) in [5, 5.41) is 0. The molecule has 0 spiro atoms. The average molecular weight is 352 g/mol. The predicted octanol–water partition coefficient (Wildman–Crippen LogP) is 3.02. The van der Waals surface area contributed by atoms with Gasteiger partial charge in [0.15, 0.2) is 0 Å². The zero-order chi connectivity index (χ0) is 15.2. The highest BCUT2D eigenvalue weighted by Gasteiger charge is 2.31. The molecule has 1 aliphatic heterocycles. The molecule has 4 nitrogen and oxygen atoms in total. The van der Waals surface area contributed by atoms with Gasteiger partial charge in [-0.05, 0) is 43.0 Å². The SMILES string of the molecule is COC(=O)C1CCCCN1C(=O)/C=C/c1cccc(Br)c1. The summed E-state index contributed by atoms with van der Waals surface area (Å²) in [4.78, 5) is 25.7. The van der Waals surface area contributed by atoms with Crippen LogP contribution in [0, 0.1) is 0 Å². The summed E-state index contributed by atoms with van der Waals surface area (Å²) >= 11 is 3.39. The molecule has 1 fully saturated rings. The molecule has 0 aliphatic carbocycles. The summed E-state index contributed by atoms with van der Waals surface area (Å²) in [6.07, 6.45) is 5.81. The second-order valence-corrected chi connectivity index (χ2v) is 5.87. The molecule has 1 aromatic carbocycles. The van der Waals surface area contributed by atoms with E-state index in [0.717, 1.165) is 22.9 Å². The summed E-state index contributed by atoms with van der Waals surface area (Å²) < 4.78 is 5.75. The molecule has 1 saturated heterocycles. The van der Waals surface area contributed by atoms with E-state index in [-0.39, 0.29) is 11.9 Å². The van der Waals surface area contributed by atoms with Crippen molar-refractivity contribution in [2.75, 3.05) is 13.7 Å². The lowest BCUT2D eigenvalue weighted by molar-refractivity contribution is -0.153. The number of nitrogens with zero attached hydrogens (tertiary/aromatic N) is 1. The van der Waals surface area contributed by atoms with E-state index in [9.17, 15) is 9.59 Å². The van der Waals surface area contributed by atoms with Gasteiger partial charge >= 0.3 is 5.97 Å². The fraction of sp³-hybridized carbons (Fsp3) is 0.375. The summed E-state index contributed by atoms with van der Waals surface area (Å²) in [7, 11) is 1.36. The first kappa shape index (κ1) is 15.8. The van der Waals surface area contributed by atoms with Crippen molar-refractivity contribution in [2.45, 2.75) is 25.3 Å². The maximum absolute atomic E-state index is 12.3. The van der Waals surface area contributed by atoms with E-state index in [2.05, 4.69) is 15.9 Å². The monoisotopic (exact) mass is 351 g/mol. The fourth-order valence-electron chi connectivity index (χ4n) is 2.45. The minimum absolute atomic E-state index is 0.148. The van der Waals surface area contributed by atoms with E-state index in [1.54, 1.807) is 11.0 Å². The third kappa shape index (κ3) is 4.17. The van der Waals surface area contributed by atoms with Crippen LogP contribution in [-0.4, -0.2) is 36.5 Å². The number of hydrogen-bond donors (Lipinski definition) is 0. The molecule has 1 unspecified atom stereocenters. The van der Waals surface area contributed by atoms with Crippen LogP contribution in [0.3, 0.4) is 0 Å². The van der Waals surface area contributed by atoms with Gasteiger partial charge < -0.3 is 9.64 Å². The van der Waals surface area contributed by atoms with Crippen LogP contribution in [0.5, 0.6) is 0 Å². The van der Waals surface area contributed by atoms with Gasteiger partial charge in [0, 0.05) is 17.1 Å². The molecule has 0 N–H and O–H groups in total. The Morgan fingerprint density at radius 1 is 1.38 bits per heavy atom. The molecule has 1 heterocycles. The van der Waals surface area contributed by atoms with Gasteiger partial charge in [-0.2, -0.15) is 0 Å². The van der Waals surface area contributed by atoms with Crippen molar-refractivity contribution < 1.29 is 14.3 Å². The lowest BCUT2D eigenvalue weighted by Gasteiger charge is -2.32. The van der Waals surface area contributed by atoms with Crippen molar-refractivity contribution in [1.29, 1.82) is 0 Å². The van der Waals surface area contributed by atoms with Crippen LogP contribution in [0.4, 0.5) is 0 Å². The van der Waals surface area contributed by atoms with E-state index in [4.69, 9.17) is 4.74 Å². The summed E-state index contributed by atoms with van der Waals surface area (Å²) in [5.41, 5.74) is 0.935. The molecule has 0 aromatic heterocycles. The average Bonchev–Trinajstić information content (AvgIpc) is 2.52. The third-order valence-corrected chi connectivity index (χ3v) is 4.02. The number of rotatable bonds is 3. The van der Waals surface area contributed by atoms with E-state index in [0.29, 0.717) is 13.0 Å². The van der Waals surface area contributed by atoms with Gasteiger partial charge in [0.2, 0.25) is 5.91 Å². The largest absolute Gasteiger partial charge is 0.467 e. The smallest absolute Gasteiger partial charge is 0.328 e. The molecule has 1 atom stereocenters. The van der Waals surface area contributed by atoms with Crippen molar-refractivity contribution >= 4 is 33.9 Å². The van der Waals surface area contributed by atoms with Crippen molar-refractivity contribution in [2.24, 2.45) is 0 Å². The molecule has 112 valence electrons. The Bertz CT molecular complexity index is 556. The fourth-order valence-corrected chi connectivity index (χ4v) is 2.87. The highest BCUT2D eigenvalue weighted by atomic mass is 79.9. The van der Waals surface area contributed by atoms with Gasteiger partial charge in [0.25, 0.3) is 0 Å². The number of benzene rings is 1. The maximum atomic E-state index is 12.3. The quantitative estimate of drug-likeness (QED) is 0.621. The Morgan fingerprint density at radius 2 is 2.19 bits per heavy atom. The number of piperidine rings is 1. The Hall–Kier alpha value is -1.62. The Morgan fingerprint density at radius 3 is 2.90 bits per heavy atom. The molecule has 0 saturated carbocycles. The molecule has 21 heavy (non-hydrogen) atoms. The molecular weight excluding hydrogens is 334 g/mol. The number of carbonyl (C=O) groups is 2. The maximum Gasteiger partial charge on any atom is 0.328 e. The van der Waals surface area contributed by atoms with Gasteiger partial charge in [0.05, 0.1) is 7.11 Å². The second kappa shape index (κ2) is 7.41. The second-order valence-electron chi connectivity index (χ2n) is 4.95. The zero-order valence-electron chi connectivity index (χ0n) is 11.9. The molecular formula is C16H18BrNO3. The first-order valence-corrected chi connectivity index (χ1v) is 7.73. The Labute approximate surface area is 132 Å². The molecule has 0 bridgehead atoms. The summed E-state index contributed by atoms with van der Waals surface area (Å²) in [5.74, 6) is -0.482. The number of ether oxygens (including phenoxy) is 1. The normalized spacial score (nSPS) is 18.8. The van der Waals surface area contributed by atoms with Gasteiger partial charge in [0.1, 0.15) is 6.04 Å². The zero-order valence-corrected chi connectivity index (χ0v) is 13.5. The van der Waals surface area contributed by atoms with Crippen molar-refractivity contribution in [1.82, 2.24) is 4.90 Å². The van der Waals surface area contributed by atoms with Gasteiger partial charge in [-0.3, -0.25) is 4.79 Å². The minimum atomic E-state index is -0.455. The van der Waals surface area contributed by atoms with Gasteiger partial charge in [-0.1, -0.05) is 28.1 Å². The van der Waals surface area contributed by atoms with Gasteiger partial charge in [-0.25, -0.2) is 4.79 Å². The van der Waals surface area contributed by atoms with E-state index >= 15 is 0 Å². The Kier molecular flexibility index (Phi) is 5.56. The van der Waals surface area contributed by atoms with E-state index in [1.807, 2.05) is 24.3 Å². The summed E-state index contributed by atoms with van der Waals surface area (Å²) in [6, 6.07) is 7.23. The molecule has 2 rings (SSSR count). The molecule has 5 heteroatoms.